The minimum Gasteiger partial charge on any atom is -0.364 e. The van der Waals surface area contributed by atoms with Gasteiger partial charge in [0.1, 0.15) is 6.33 Å². The van der Waals surface area contributed by atoms with Crippen LogP contribution in [-0.4, -0.2) is 26.4 Å². The van der Waals surface area contributed by atoms with Gasteiger partial charge in [-0.1, -0.05) is 19.4 Å². The zero-order valence-corrected chi connectivity index (χ0v) is 12.9. The molecule has 0 aliphatic carbocycles. The van der Waals surface area contributed by atoms with E-state index in [4.69, 9.17) is 0 Å². The Morgan fingerprint density at radius 2 is 1.88 bits per heavy atom. The van der Waals surface area contributed by atoms with Gasteiger partial charge in [-0.25, -0.2) is 9.97 Å². The highest BCUT2D eigenvalue weighted by atomic mass is 16.6. The number of nitro groups is 2. The van der Waals surface area contributed by atoms with Gasteiger partial charge >= 0.3 is 5.69 Å². The average molecular weight is 332 g/mol. The number of benzene rings is 1. The number of nitrogens with zero attached hydrogens (tertiary/aromatic N) is 4. The van der Waals surface area contributed by atoms with Crippen LogP contribution in [0.4, 0.5) is 28.7 Å². The second-order valence-corrected chi connectivity index (χ2v) is 4.89. The van der Waals surface area contributed by atoms with E-state index in [1.807, 2.05) is 6.92 Å². The first-order chi connectivity index (χ1) is 11.5. The Labute approximate surface area is 137 Å². The van der Waals surface area contributed by atoms with Gasteiger partial charge in [-0.15, -0.1) is 0 Å². The van der Waals surface area contributed by atoms with E-state index in [0.717, 1.165) is 12.8 Å². The largest absolute Gasteiger partial charge is 0.364 e. The number of hydrogen-bond donors (Lipinski definition) is 2. The third kappa shape index (κ3) is 4.12. The molecule has 1 heterocycles. The number of nitrogens with one attached hydrogen (secondary N) is 2. The van der Waals surface area contributed by atoms with Crippen LogP contribution in [-0.2, 0) is 0 Å². The molecule has 0 spiro atoms. The molecule has 0 aliphatic heterocycles. The Morgan fingerprint density at radius 3 is 2.54 bits per heavy atom. The summed E-state index contributed by atoms with van der Waals surface area (Å²) in [5.74, 6) is 0.0749. The van der Waals surface area contributed by atoms with Gasteiger partial charge in [-0.2, -0.15) is 0 Å². The van der Waals surface area contributed by atoms with Crippen LogP contribution >= 0.6 is 0 Å². The highest BCUT2D eigenvalue weighted by Gasteiger charge is 2.23. The van der Waals surface area contributed by atoms with Crippen molar-refractivity contribution in [1.29, 1.82) is 0 Å². The van der Waals surface area contributed by atoms with Gasteiger partial charge in [0.2, 0.25) is 11.6 Å². The van der Waals surface area contributed by atoms with Gasteiger partial charge in [-0.3, -0.25) is 20.2 Å². The van der Waals surface area contributed by atoms with E-state index in [1.165, 1.54) is 24.5 Å². The monoisotopic (exact) mass is 332 g/mol. The minimum atomic E-state index is -0.589. The van der Waals surface area contributed by atoms with Crippen molar-refractivity contribution in [2.45, 2.75) is 19.8 Å². The fraction of sp³-hybridized carbons (Fsp3) is 0.286. The molecule has 24 heavy (non-hydrogen) atoms. The molecule has 1 aromatic heterocycles. The summed E-state index contributed by atoms with van der Waals surface area (Å²) in [6.07, 6.45) is 2.97. The smallest absolute Gasteiger partial charge is 0.353 e. The molecule has 0 radical (unpaired) electrons. The quantitative estimate of drug-likeness (QED) is 0.427. The number of nitro benzene ring substituents is 1. The van der Waals surface area contributed by atoms with Gasteiger partial charge in [0.05, 0.1) is 9.85 Å². The molecule has 2 aromatic rings. The molecule has 0 amide bonds. The third-order valence-corrected chi connectivity index (χ3v) is 3.15. The first kappa shape index (κ1) is 17.1. The molecular weight excluding hydrogens is 316 g/mol. The first-order valence-electron chi connectivity index (χ1n) is 7.27. The minimum absolute atomic E-state index is 0.0329. The van der Waals surface area contributed by atoms with Gasteiger partial charge < -0.3 is 10.6 Å². The zero-order chi connectivity index (χ0) is 17.5. The number of hydrogen-bond acceptors (Lipinski definition) is 8. The van der Waals surface area contributed by atoms with E-state index in [0.29, 0.717) is 12.2 Å². The lowest BCUT2D eigenvalue weighted by atomic mass is 10.2. The molecular formula is C14H16N6O4. The maximum atomic E-state index is 11.4. The molecule has 1 aromatic carbocycles. The summed E-state index contributed by atoms with van der Waals surface area (Å²) in [5, 5.41) is 27.8. The molecule has 0 fully saturated rings. The molecule has 0 saturated carbocycles. The van der Waals surface area contributed by atoms with Crippen LogP contribution in [0.15, 0.2) is 30.6 Å². The van der Waals surface area contributed by atoms with Crippen LogP contribution in [0.1, 0.15) is 19.8 Å². The number of aromatic nitrogens is 2. The SMILES string of the molecule is CCCCNc1ncnc(Nc2cccc([N+](=O)[O-])c2)c1[N+](=O)[O-]. The summed E-state index contributed by atoms with van der Waals surface area (Å²) in [7, 11) is 0. The topological polar surface area (TPSA) is 136 Å². The maximum Gasteiger partial charge on any atom is 0.353 e. The Kier molecular flexibility index (Phi) is 5.55. The van der Waals surface area contributed by atoms with E-state index < -0.39 is 9.85 Å². The predicted molar refractivity (Wildman–Crippen MR) is 88.5 cm³/mol. The Hall–Kier alpha value is -3.30. The lowest BCUT2D eigenvalue weighted by molar-refractivity contribution is -0.384. The van der Waals surface area contributed by atoms with Crippen molar-refractivity contribution in [2.75, 3.05) is 17.2 Å². The molecule has 126 valence electrons. The molecule has 2 N–H and O–H groups in total. The summed E-state index contributed by atoms with van der Waals surface area (Å²) in [5.41, 5.74) is -0.108. The number of non-ortho nitro benzene ring substituents is 1. The van der Waals surface area contributed by atoms with Crippen LogP contribution in [0.25, 0.3) is 0 Å². The van der Waals surface area contributed by atoms with Crippen LogP contribution in [0.2, 0.25) is 0 Å². The van der Waals surface area contributed by atoms with E-state index in [9.17, 15) is 20.2 Å². The van der Waals surface area contributed by atoms with Crippen molar-refractivity contribution in [2.24, 2.45) is 0 Å². The number of rotatable bonds is 8. The Morgan fingerprint density at radius 1 is 1.12 bits per heavy atom. The van der Waals surface area contributed by atoms with Gasteiger partial charge in [0.15, 0.2) is 0 Å². The van der Waals surface area contributed by atoms with Gasteiger partial charge in [0, 0.05) is 24.4 Å². The third-order valence-electron chi connectivity index (χ3n) is 3.15. The van der Waals surface area contributed by atoms with Gasteiger partial charge in [-0.05, 0) is 12.5 Å². The van der Waals surface area contributed by atoms with E-state index in [-0.39, 0.29) is 23.0 Å². The standard InChI is InChI=1S/C14H16N6O4/c1-2-3-7-15-13-12(20(23)24)14(17-9-16-13)18-10-5-4-6-11(8-10)19(21)22/h4-6,8-9H,2-3,7H2,1H3,(H2,15,16,17,18). The molecule has 0 atom stereocenters. The Bertz CT molecular complexity index is 752. The first-order valence-corrected chi connectivity index (χ1v) is 7.27. The summed E-state index contributed by atoms with van der Waals surface area (Å²) < 4.78 is 0. The summed E-state index contributed by atoms with van der Waals surface area (Å²) in [6, 6.07) is 5.64. The number of unbranched alkanes of at least 4 members (excludes halogenated alkanes) is 1. The van der Waals surface area contributed by atoms with Crippen molar-refractivity contribution in [3.8, 4) is 0 Å². The highest BCUT2D eigenvalue weighted by molar-refractivity contribution is 5.74. The van der Waals surface area contributed by atoms with E-state index >= 15 is 0 Å². The van der Waals surface area contributed by atoms with Crippen LogP contribution in [0.5, 0.6) is 0 Å². The number of anilines is 3. The molecule has 0 bridgehead atoms. The predicted octanol–water partition coefficient (Wildman–Crippen LogP) is 3.25. The van der Waals surface area contributed by atoms with Crippen molar-refractivity contribution < 1.29 is 9.85 Å². The normalized spacial score (nSPS) is 10.2. The summed E-state index contributed by atoms with van der Waals surface area (Å²) in [4.78, 5) is 28.9. The average Bonchev–Trinajstić information content (AvgIpc) is 2.55. The summed E-state index contributed by atoms with van der Waals surface area (Å²) >= 11 is 0. The van der Waals surface area contributed by atoms with Crippen LogP contribution in [0.3, 0.4) is 0 Å². The second kappa shape index (κ2) is 7.81. The van der Waals surface area contributed by atoms with Crippen molar-refractivity contribution in [3.05, 3.63) is 50.8 Å². The van der Waals surface area contributed by atoms with Crippen molar-refractivity contribution in [1.82, 2.24) is 9.97 Å². The molecule has 10 nitrogen and oxygen atoms in total. The van der Waals surface area contributed by atoms with Crippen molar-refractivity contribution in [3.63, 3.8) is 0 Å². The fourth-order valence-corrected chi connectivity index (χ4v) is 1.99. The second-order valence-electron chi connectivity index (χ2n) is 4.89. The zero-order valence-electron chi connectivity index (χ0n) is 12.9. The van der Waals surface area contributed by atoms with Gasteiger partial charge in [0.25, 0.3) is 5.69 Å². The van der Waals surface area contributed by atoms with Crippen LogP contribution in [0, 0.1) is 20.2 Å². The molecule has 10 heteroatoms. The Balaban J connectivity index is 2.32. The molecule has 0 aliphatic rings. The molecule has 0 saturated heterocycles. The highest BCUT2D eigenvalue weighted by Crippen LogP contribution is 2.31. The summed E-state index contributed by atoms with van der Waals surface area (Å²) in [6.45, 7) is 2.55. The lowest BCUT2D eigenvalue weighted by Crippen LogP contribution is -2.09. The molecule has 0 unspecified atom stereocenters. The van der Waals surface area contributed by atoms with E-state index in [2.05, 4.69) is 20.6 Å². The molecule has 2 rings (SSSR count). The van der Waals surface area contributed by atoms with E-state index in [1.54, 1.807) is 6.07 Å². The lowest BCUT2D eigenvalue weighted by Gasteiger charge is -2.09. The van der Waals surface area contributed by atoms with Crippen LogP contribution < -0.4 is 10.6 Å². The fourth-order valence-electron chi connectivity index (χ4n) is 1.99. The maximum absolute atomic E-state index is 11.4. The van der Waals surface area contributed by atoms with Crippen molar-refractivity contribution >= 4 is 28.7 Å².